The second kappa shape index (κ2) is 10.7. The molecule has 0 bridgehead atoms. The van der Waals surface area contributed by atoms with Gasteiger partial charge in [0.1, 0.15) is 0 Å². The first-order valence-electron chi connectivity index (χ1n) is 12.8. The van der Waals surface area contributed by atoms with E-state index in [0.29, 0.717) is 37.3 Å². The van der Waals surface area contributed by atoms with E-state index in [4.69, 9.17) is 25.2 Å². The number of β-amino-alcohol motifs (C(OH)–C–C–N with tert-alkyl or cyclic N) is 1. The van der Waals surface area contributed by atoms with Crippen LogP contribution in [0.15, 0.2) is 12.3 Å². The third-order valence-corrected chi connectivity index (χ3v) is 8.06. The van der Waals surface area contributed by atoms with Crippen molar-refractivity contribution in [1.82, 2.24) is 24.8 Å². The Hall–Kier alpha value is -2.57. The van der Waals surface area contributed by atoms with E-state index < -0.39 is 5.60 Å². The van der Waals surface area contributed by atoms with Crippen LogP contribution in [0.2, 0.25) is 0 Å². The molecule has 3 aromatic rings. The van der Waals surface area contributed by atoms with Crippen molar-refractivity contribution < 1.29 is 14.6 Å². The van der Waals surface area contributed by atoms with Crippen LogP contribution in [0.3, 0.4) is 0 Å². The number of rotatable bonds is 7. The normalized spacial score (nSPS) is 18.0. The number of nitrogen functional groups attached to an aromatic ring is 1. The zero-order valence-electron chi connectivity index (χ0n) is 22.2. The first kappa shape index (κ1) is 26.1. The Bertz CT molecular complexity index is 1250. The number of methoxy groups -OCH3 is 1. The van der Waals surface area contributed by atoms with Gasteiger partial charge >= 0.3 is 0 Å². The SMILES string of the molecule is COc1ncc(-c2nc(N3CCOCC3)nc3c(CN4CCN(CC(C)(C)O)CC4)c(C)sc23)cc1N. The van der Waals surface area contributed by atoms with Crippen molar-refractivity contribution in [3.05, 3.63) is 22.7 Å². The molecule has 2 fully saturated rings. The van der Waals surface area contributed by atoms with E-state index in [2.05, 4.69) is 26.6 Å². The fourth-order valence-electron chi connectivity index (χ4n) is 5.05. The highest BCUT2D eigenvalue weighted by molar-refractivity contribution is 7.19. The maximum absolute atomic E-state index is 10.2. The monoisotopic (exact) mass is 527 g/mol. The van der Waals surface area contributed by atoms with Gasteiger partial charge in [-0.15, -0.1) is 11.3 Å². The van der Waals surface area contributed by atoms with Crippen LogP contribution in [-0.4, -0.2) is 102 Å². The number of anilines is 2. The number of nitrogens with two attached hydrogens (primary N) is 1. The molecule has 37 heavy (non-hydrogen) atoms. The lowest BCUT2D eigenvalue weighted by atomic mass is 10.1. The van der Waals surface area contributed by atoms with Gasteiger partial charge in [-0.25, -0.2) is 15.0 Å². The molecule has 0 spiro atoms. The minimum atomic E-state index is -0.675. The van der Waals surface area contributed by atoms with Gasteiger partial charge in [0.2, 0.25) is 11.8 Å². The molecule has 0 atom stereocenters. The van der Waals surface area contributed by atoms with E-state index in [-0.39, 0.29) is 0 Å². The van der Waals surface area contributed by atoms with Crippen molar-refractivity contribution in [3.63, 3.8) is 0 Å². The highest BCUT2D eigenvalue weighted by atomic mass is 32.1. The number of thiophene rings is 1. The van der Waals surface area contributed by atoms with Gasteiger partial charge in [0, 0.05) is 74.6 Å². The Morgan fingerprint density at radius 2 is 1.81 bits per heavy atom. The molecule has 5 rings (SSSR count). The largest absolute Gasteiger partial charge is 0.480 e. The number of aryl methyl sites for hydroxylation is 1. The fraction of sp³-hybridized carbons (Fsp3) is 0.577. The Kier molecular flexibility index (Phi) is 7.51. The molecule has 0 aliphatic carbocycles. The summed E-state index contributed by atoms with van der Waals surface area (Å²) in [6.07, 6.45) is 1.77. The first-order chi connectivity index (χ1) is 17.7. The summed E-state index contributed by atoms with van der Waals surface area (Å²) in [6, 6.07) is 1.88. The zero-order valence-corrected chi connectivity index (χ0v) is 23.0. The summed E-state index contributed by atoms with van der Waals surface area (Å²) in [7, 11) is 1.57. The molecule has 0 aromatic carbocycles. The predicted molar refractivity (Wildman–Crippen MR) is 147 cm³/mol. The zero-order chi connectivity index (χ0) is 26.2. The summed E-state index contributed by atoms with van der Waals surface area (Å²) >= 11 is 1.73. The Morgan fingerprint density at radius 1 is 1.11 bits per heavy atom. The van der Waals surface area contributed by atoms with E-state index in [1.807, 2.05) is 19.9 Å². The predicted octanol–water partition coefficient (Wildman–Crippen LogP) is 2.38. The van der Waals surface area contributed by atoms with Crippen molar-refractivity contribution in [1.29, 1.82) is 0 Å². The highest BCUT2D eigenvalue weighted by Crippen LogP contribution is 2.39. The third-order valence-electron chi connectivity index (χ3n) is 6.92. The molecule has 2 saturated heterocycles. The first-order valence-corrected chi connectivity index (χ1v) is 13.6. The van der Waals surface area contributed by atoms with Crippen molar-refractivity contribution in [3.8, 4) is 17.1 Å². The summed E-state index contributed by atoms with van der Waals surface area (Å²) in [5.74, 6) is 1.13. The standard InChI is InChI=1S/C26H37N7O3S/c1-17-19(15-31-5-7-32(8-6-31)16-26(2,3)34)22-23(37-17)21(18-13-20(27)24(35-4)28-14-18)29-25(30-22)33-9-11-36-12-10-33/h13-14,34H,5-12,15-16,27H2,1-4H3. The molecule has 0 radical (unpaired) electrons. The number of nitrogens with zero attached hydrogens (tertiary/aromatic N) is 6. The van der Waals surface area contributed by atoms with Crippen LogP contribution in [-0.2, 0) is 11.3 Å². The molecule has 200 valence electrons. The molecule has 5 heterocycles. The Labute approximate surface area is 222 Å². The molecule has 3 N–H and O–H groups in total. The van der Waals surface area contributed by atoms with Gasteiger partial charge < -0.3 is 25.2 Å². The van der Waals surface area contributed by atoms with E-state index in [1.54, 1.807) is 24.6 Å². The highest BCUT2D eigenvalue weighted by Gasteiger charge is 2.26. The lowest BCUT2D eigenvalue weighted by Gasteiger charge is -2.37. The van der Waals surface area contributed by atoms with Crippen LogP contribution in [0, 0.1) is 6.92 Å². The summed E-state index contributed by atoms with van der Waals surface area (Å²) in [5, 5.41) is 10.2. The van der Waals surface area contributed by atoms with Crippen molar-refractivity contribution >= 4 is 33.2 Å². The van der Waals surface area contributed by atoms with Crippen molar-refractivity contribution in [2.45, 2.75) is 32.9 Å². The smallest absolute Gasteiger partial charge is 0.236 e. The quantitative estimate of drug-likeness (QED) is 0.475. The Balaban J connectivity index is 1.49. The average Bonchev–Trinajstić information content (AvgIpc) is 3.19. The van der Waals surface area contributed by atoms with Gasteiger partial charge in [-0.1, -0.05) is 0 Å². The average molecular weight is 528 g/mol. The van der Waals surface area contributed by atoms with Crippen molar-refractivity contribution in [2.75, 3.05) is 76.8 Å². The van der Waals surface area contributed by atoms with E-state index in [1.165, 1.54) is 10.4 Å². The number of aliphatic hydroxyl groups is 1. The molecule has 3 aromatic heterocycles. The molecule has 2 aliphatic rings. The number of piperazine rings is 1. The summed E-state index contributed by atoms with van der Waals surface area (Å²) < 4.78 is 11.9. The second-order valence-corrected chi connectivity index (χ2v) is 11.7. The van der Waals surface area contributed by atoms with Crippen LogP contribution in [0.4, 0.5) is 11.6 Å². The van der Waals surface area contributed by atoms with Crippen LogP contribution in [0.25, 0.3) is 21.5 Å². The fourth-order valence-corrected chi connectivity index (χ4v) is 6.17. The number of ether oxygens (including phenoxy) is 2. The summed E-state index contributed by atoms with van der Waals surface area (Å²) in [5.41, 5.74) is 9.99. The minimum absolute atomic E-state index is 0.411. The van der Waals surface area contributed by atoms with Crippen LogP contribution in [0.1, 0.15) is 24.3 Å². The lowest BCUT2D eigenvalue weighted by molar-refractivity contribution is 0.0167. The minimum Gasteiger partial charge on any atom is -0.480 e. The summed E-state index contributed by atoms with van der Waals surface area (Å²) in [4.78, 5) is 22.8. The molecule has 11 heteroatoms. The third kappa shape index (κ3) is 5.80. The van der Waals surface area contributed by atoms with Gasteiger partial charge in [0.25, 0.3) is 0 Å². The second-order valence-electron chi connectivity index (χ2n) is 10.5. The van der Waals surface area contributed by atoms with Crippen LogP contribution in [0.5, 0.6) is 5.88 Å². The van der Waals surface area contributed by atoms with Crippen molar-refractivity contribution in [2.24, 2.45) is 0 Å². The number of pyridine rings is 1. The van der Waals surface area contributed by atoms with Gasteiger partial charge in [-0.2, -0.15) is 0 Å². The molecule has 10 nitrogen and oxygen atoms in total. The van der Waals surface area contributed by atoms with E-state index in [0.717, 1.165) is 67.3 Å². The topological polar surface area (TPSA) is 113 Å². The van der Waals surface area contributed by atoms with E-state index in [9.17, 15) is 5.11 Å². The number of hydrogen-bond acceptors (Lipinski definition) is 11. The van der Waals surface area contributed by atoms with Crippen LogP contribution >= 0.6 is 11.3 Å². The van der Waals surface area contributed by atoms with Gasteiger partial charge in [-0.3, -0.25) is 9.80 Å². The number of morpholine rings is 1. The number of aromatic nitrogens is 3. The number of fused-ring (bicyclic) bond motifs is 1. The molecule has 0 unspecified atom stereocenters. The lowest BCUT2D eigenvalue weighted by Crippen LogP contribution is -2.50. The Morgan fingerprint density at radius 3 is 2.46 bits per heavy atom. The van der Waals surface area contributed by atoms with Gasteiger partial charge in [0.15, 0.2) is 0 Å². The molecule has 0 amide bonds. The molecular formula is C26H37N7O3S. The maximum atomic E-state index is 10.2. The molecular weight excluding hydrogens is 490 g/mol. The molecule has 2 aliphatic heterocycles. The van der Waals surface area contributed by atoms with Gasteiger partial charge in [0.05, 0.1) is 47.5 Å². The molecule has 0 saturated carbocycles. The summed E-state index contributed by atoms with van der Waals surface area (Å²) in [6.45, 7) is 14.1. The van der Waals surface area contributed by atoms with Gasteiger partial charge in [-0.05, 0) is 26.8 Å². The number of hydrogen-bond donors (Lipinski definition) is 2. The van der Waals surface area contributed by atoms with Crippen LogP contribution < -0.4 is 15.4 Å². The van der Waals surface area contributed by atoms with E-state index >= 15 is 0 Å². The maximum Gasteiger partial charge on any atom is 0.236 e.